The zero-order valence-corrected chi connectivity index (χ0v) is 12.4. The number of rotatable bonds is 3. The van der Waals surface area contributed by atoms with E-state index in [4.69, 9.17) is 4.74 Å². The molecule has 1 aliphatic heterocycles. The number of hydrogen-bond donors (Lipinski definition) is 1. The standard InChI is InChI=1S/C17H23N3O/c18-13-14-3-1-2-4-17(14)19-15-5-7-16(8-6-15)20-9-11-21-12-10-20/h5-8,14,17,19H,1-4,9-12H2. The largest absolute Gasteiger partial charge is 0.381 e. The van der Waals surface area contributed by atoms with Crippen molar-refractivity contribution in [1.29, 1.82) is 5.26 Å². The Bertz CT molecular complexity index is 488. The lowest BCUT2D eigenvalue weighted by Gasteiger charge is -2.30. The van der Waals surface area contributed by atoms with E-state index in [1.165, 1.54) is 18.5 Å². The number of morpholine rings is 1. The Morgan fingerprint density at radius 3 is 2.52 bits per heavy atom. The quantitative estimate of drug-likeness (QED) is 0.927. The summed E-state index contributed by atoms with van der Waals surface area (Å²) in [5.74, 6) is 0.151. The fourth-order valence-electron chi connectivity index (χ4n) is 3.26. The summed E-state index contributed by atoms with van der Waals surface area (Å²) in [5, 5.41) is 12.8. The molecule has 1 N–H and O–H groups in total. The summed E-state index contributed by atoms with van der Waals surface area (Å²) in [4.78, 5) is 2.35. The minimum Gasteiger partial charge on any atom is -0.381 e. The van der Waals surface area contributed by atoms with Gasteiger partial charge in [0.2, 0.25) is 0 Å². The van der Waals surface area contributed by atoms with Crippen LogP contribution in [0.1, 0.15) is 25.7 Å². The van der Waals surface area contributed by atoms with Crippen molar-refractivity contribution in [3.63, 3.8) is 0 Å². The number of nitriles is 1. The highest BCUT2D eigenvalue weighted by Gasteiger charge is 2.24. The number of nitrogens with one attached hydrogen (secondary N) is 1. The predicted octanol–water partition coefficient (Wildman–Crippen LogP) is 3.02. The van der Waals surface area contributed by atoms with Crippen LogP contribution in [0.25, 0.3) is 0 Å². The van der Waals surface area contributed by atoms with Crippen LogP contribution < -0.4 is 10.2 Å². The van der Waals surface area contributed by atoms with Crippen molar-refractivity contribution in [3.05, 3.63) is 24.3 Å². The lowest BCUT2D eigenvalue weighted by molar-refractivity contribution is 0.122. The van der Waals surface area contributed by atoms with E-state index >= 15 is 0 Å². The Labute approximate surface area is 126 Å². The molecular formula is C17H23N3O. The van der Waals surface area contributed by atoms with Gasteiger partial charge in [0.05, 0.1) is 25.2 Å². The number of ether oxygens (including phenoxy) is 1. The maximum Gasteiger partial charge on any atom is 0.0677 e. The van der Waals surface area contributed by atoms with Crippen molar-refractivity contribution < 1.29 is 4.74 Å². The first-order chi connectivity index (χ1) is 10.4. The van der Waals surface area contributed by atoms with Gasteiger partial charge in [-0.15, -0.1) is 0 Å². The third-order valence-corrected chi connectivity index (χ3v) is 4.53. The van der Waals surface area contributed by atoms with Crippen molar-refractivity contribution in [2.45, 2.75) is 31.7 Å². The summed E-state index contributed by atoms with van der Waals surface area (Å²) >= 11 is 0. The van der Waals surface area contributed by atoms with Crippen LogP contribution in [0.15, 0.2) is 24.3 Å². The number of anilines is 2. The van der Waals surface area contributed by atoms with E-state index in [0.717, 1.165) is 44.8 Å². The Morgan fingerprint density at radius 2 is 1.81 bits per heavy atom. The van der Waals surface area contributed by atoms with Crippen LogP contribution in [0.2, 0.25) is 0 Å². The molecule has 1 saturated heterocycles. The van der Waals surface area contributed by atoms with Gasteiger partial charge in [0, 0.05) is 30.5 Å². The predicted molar refractivity (Wildman–Crippen MR) is 84.5 cm³/mol. The van der Waals surface area contributed by atoms with Crippen LogP contribution in [-0.2, 0) is 4.74 Å². The number of benzene rings is 1. The molecule has 1 heterocycles. The molecule has 1 saturated carbocycles. The van der Waals surface area contributed by atoms with E-state index < -0.39 is 0 Å². The summed E-state index contributed by atoms with van der Waals surface area (Å²) in [6.07, 6.45) is 4.54. The Hall–Kier alpha value is -1.73. The molecule has 0 spiro atoms. The highest BCUT2D eigenvalue weighted by molar-refractivity contribution is 5.55. The second-order valence-corrected chi connectivity index (χ2v) is 5.92. The summed E-state index contributed by atoms with van der Waals surface area (Å²) in [6, 6.07) is 11.4. The van der Waals surface area contributed by atoms with Gasteiger partial charge in [0.25, 0.3) is 0 Å². The molecule has 4 heteroatoms. The van der Waals surface area contributed by atoms with Gasteiger partial charge >= 0.3 is 0 Å². The monoisotopic (exact) mass is 285 g/mol. The van der Waals surface area contributed by atoms with Gasteiger partial charge in [0.15, 0.2) is 0 Å². The maximum absolute atomic E-state index is 9.25. The molecule has 2 aliphatic rings. The fraction of sp³-hybridized carbons (Fsp3) is 0.588. The Balaban J connectivity index is 1.62. The molecule has 21 heavy (non-hydrogen) atoms. The zero-order valence-electron chi connectivity index (χ0n) is 12.4. The molecule has 4 nitrogen and oxygen atoms in total. The first-order valence-electron chi connectivity index (χ1n) is 7.96. The van der Waals surface area contributed by atoms with Gasteiger partial charge in [-0.1, -0.05) is 12.8 Å². The van der Waals surface area contributed by atoms with Gasteiger partial charge in [-0.2, -0.15) is 5.26 Å². The van der Waals surface area contributed by atoms with Crippen LogP contribution in [0.4, 0.5) is 11.4 Å². The van der Waals surface area contributed by atoms with Gasteiger partial charge < -0.3 is 15.0 Å². The Kier molecular flexibility index (Phi) is 4.62. The van der Waals surface area contributed by atoms with Crippen LogP contribution in [0.3, 0.4) is 0 Å². The molecule has 1 aliphatic carbocycles. The van der Waals surface area contributed by atoms with Crippen molar-refractivity contribution in [3.8, 4) is 6.07 Å². The number of nitrogens with zero attached hydrogens (tertiary/aromatic N) is 2. The molecular weight excluding hydrogens is 262 g/mol. The van der Waals surface area contributed by atoms with Crippen LogP contribution in [0, 0.1) is 17.2 Å². The summed E-state index contributed by atoms with van der Waals surface area (Å²) in [5.41, 5.74) is 2.38. The smallest absolute Gasteiger partial charge is 0.0677 e. The van der Waals surface area contributed by atoms with Crippen molar-refractivity contribution in [2.24, 2.45) is 5.92 Å². The van der Waals surface area contributed by atoms with Gasteiger partial charge in [-0.3, -0.25) is 0 Å². The van der Waals surface area contributed by atoms with Crippen molar-refractivity contribution >= 4 is 11.4 Å². The molecule has 0 amide bonds. The highest BCUT2D eigenvalue weighted by Crippen LogP contribution is 2.27. The average Bonchev–Trinajstić information content (AvgIpc) is 2.57. The van der Waals surface area contributed by atoms with Gasteiger partial charge in [-0.05, 0) is 37.1 Å². The van der Waals surface area contributed by atoms with E-state index in [9.17, 15) is 5.26 Å². The maximum atomic E-state index is 9.25. The van der Waals surface area contributed by atoms with E-state index in [2.05, 4.69) is 40.6 Å². The highest BCUT2D eigenvalue weighted by atomic mass is 16.5. The Morgan fingerprint density at radius 1 is 1.10 bits per heavy atom. The number of hydrogen-bond acceptors (Lipinski definition) is 4. The van der Waals surface area contributed by atoms with Gasteiger partial charge in [0.1, 0.15) is 0 Å². The topological polar surface area (TPSA) is 48.3 Å². The average molecular weight is 285 g/mol. The lowest BCUT2D eigenvalue weighted by Crippen LogP contribution is -2.36. The van der Waals surface area contributed by atoms with Crippen molar-refractivity contribution in [2.75, 3.05) is 36.5 Å². The van der Waals surface area contributed by atoms with E-state index in [-0.39, 0.29) is 5.92 Å². The third-order valence-electron chi connectivity index (χ3n) is 4.53. The normalized spacial score (nSPS) is 26.1. The molecule has 0 aromatic heterocycles. The first-order valence-corrected chi connectivity index (χ1v) is 7.96. The molecule has 112 valence electrons. The SMILES string of the molecule is N#CC1CCCCC1Nc1ccc(N2CCOCC2)cc1. The summed E-state index contributed by atoms with van der Waals surface area (Å²) in [6.45, 7) is 3.55. The molecule has 1 aromatic carbocycles. The molecule has 2 unspecified atom stereocenters. The van der Waals surface area contributed by atoms with E-state index in [1.54, 1.807) is 0 Å². The second-order valence-electron chi connectivity index (χ2n) is 5.92. The summed E-state index contributed by atoms with van der Waals surface area (Å²) in [7, 11) is 0. The van der Waals surface area contributed by atoms with E-state index in [0.29, 0.717) is 6.04 Å². The van der Waals surface area contributed by atoms with Gasteiger partial charge in [-0.25, -0.2) is 0 Å². The molecule has 2 fully saturated rings. The van der Waals surface area contributed by atoms with Crippen LogP contribution >= 0.6 is 0 Å². The van der Waals surface area contributed by atoms with Crippen LogP contribution in [0.5, 0.6) is 0 Å². The first kappa shape index (κ1) is 14.2. The lowest BCUT2D eigenvalue weighted by atomic mass is 9.85. The van der Waals surface area contributed by atoms with Crippen molar-refractivity contribution in [1.82, 2.24) is 0 Å². The minimum atomic E-state index is 0.151. The minimum absolute atomic E-state index is 0.151. The molecule has 3 rings (SSSR count). The zero-order chi connectivity index (χ0) is 14.5. The molecule has 0 radical (unpaired) electrons. The molecule has 1 aromatic rings. The third kappa shape index (κ3) is 3.48. The molecule has 2 atom stereocenters. The second kappa shape index (κ2) is 6.82. The summed E-state index contributed by atoms with van der Waals surface area (Å²) < 4.78 is 5.38. The van der Waals surface area contributed by atoms with Crippen LogP contribution in [-0.4, -0.2) is 32.3 Å². The van der Waals surface area contributed by atoms with E-state index in [1.807, 2.05) is 0 Å². The molecule has 0 bridgehead atoms. The fourth-order valence-corrected chi connectivity index (χ4v) is 3.26.